The van der Waals surface area contributed by atoms with Crippen LogP contribution in [0.1, 0.15) is 355 Å². The number of unbranched alkanes of at least 4 members (excludes halogenated alkanes) is 40. The number of hydrogen-bond donors (Lipinski definition) is 0. The fourth-order valence-electron chi connectivity index (χ4n) is 10.1. The molecule has 458 valence electrons. The van der Waals surface area contributed by atoms with Crippen LogP contribution in [0.2, 0.25) is 0 Å². The van der Waals surface area contributed by atoms with E-state index in [1.165, 1.54) is 231 Å². The number of hydrogen-bond acceptors (Lipinski definition) is 6. The van der Waals surface area contributed by atoms with Gasteiger partial charge in [0, 0.05) is 19.3 Å². The first kappa shape index (κ1) is 75.8. The van der Waals surface area contributed by atoms with Crippen molar-refractivity contribution in [2.45, 2.75) is 361 Å². The average molecular weight is 1100 g/mol. The molecule has 0 saturated heterocycles. The molecule has 6 heteroatoms. The lowest BCUT2D eigenvalue weighted by atomic mass is 10.0. The van der Waals surface area contributed by atoms with Gasteiger partial charge in [-0.1, -0.05) is 331 Å². The Hall–Kier alpha value is -3.15. The fourth-order valence-corrected chi connectivity index (χ4v) is 10.1. The molecule has 0 heterocycles. The fraction of sp³-hybridized carbons (Fsp3) is 0.795. The molecule has 0 aromatic rings. The number of carbonyl (C=O) groups excluding carboxylic acids is 3. The molecule has 1 unspecified atom stereocenters. The van der Waals surface area contributed by atoms with Crippen LogP contribution in [-0.2, 0) is 28.6 Å². The standard InChI is InChI=1S/C73H130O6/c1-4-7-10-13-16-19-22-25-27-29-31-32-33-34-35-36-37-38-39-40-41-42-44-45-48-51-54-57-60-63-66-72(75)78-69-70(68-77-71(74)65-62-59-56-53-50-47-24-21-18-15-12-9-6-3)79-73(76)67-64-61-58-55-52-49-46-43-30-28-26-23-20-17-14-11-8-5-2/h9,12,18,20-21,23,28,30,47,50,56,59,70H,4-8,10-11,13-17,19,22,24-27,29,31-46,48-49,51-55,57-58,60-69H2,1-3H3/b12-9-,21-18-,23-20-,30-28-,50-47-,59-56-. The Labute approximate surface area is 491 Å². The van der Waals surface area contributed by atoms with E-state index in [2.05, 4.69) is 87.6 Å². The van der Waals surface area contributed by atoms with Gasteiger partial charge in [0.05, 0.1) is 0 Å². The summed E-state index contributed by atoms with van der Waals surface area (Å²) < 4.78 is 16.9. The van der Waals surface area contributed by atoms with Gasteiger partial charge < -0.3 is 14.2 Å². The Morgan fingerprint density at radius 1 is 0.266 bits per heavy atom. The lowest BCUT2D eigenvalue weighted by Crippen LogP contribution is -2.30. The molecule has 0 spiro atoms. The third-order valence-electron chi connectivity index (χ3n) is 15.2. The minimum atomic E-state index is -0.808. The first-order chi connectivity index (χ1) is 39.0. The van der Waals surface area contributed by atoms with Gasteiger partial charge in [0.15, 0.2) is 6.10 Å². The van der Waals surface area contributed by atoms with E-state index in [1.807, 2.05) is 6.08 Å². The molecule has 0 aromatic carbocycles. The van der Waals surface area contributed by atoms with Crippen LogP contribution >= 0.6 is 0 Å². The highest BCUT2D eigenvalue weighted by Gasteiger charge is 2.19. The molecule has 0 aliphatic heterocycles. The van der Waals surface area contributed by atoms with Crippen LogP contribution < -0.4 is 0 Å². The summed E-state index contributed by atoms with van der Waals surface area (Å²) in [4.78, 5) is 38.3. The van der Waals surface area contributed by atoms with Gasteiger partial charge in [-0.25, -0.2) is 0 Å². The third kappa shape index (κ3) is 65.5. The zero-order valence-corrected chi connectivity index (χ0v) is 52.6. The zero-order valence-electron chi connectivity index (χ0n) is 52.6. The maximum Gasteiger partial charge on any atom is 0.306 e. The number of esters is 3. The maximum absolute atomic E-state index is 12.9. The van der Waals surface area contributed by atoms with E-state index >= 15 is 0 Å². The van der Waals surface area contributed by atoms with Crippen molar-refractivity contribution in [1.29, 1.82) is 0 Å². The smallest absolute Gasteiger partial charge is 0.306 e. The van der Waals surface area contributed by atoms with E-state index in [-0.39, 0.29) is 37.5 Å². The monoisotopic (exact) mass is 1100 g/mol. The van der Waals surface area contributed by atoms with Crippen LogP contribution in [0.5, 0.6) is 0 Å². The molecule has 79 heavy (non-hydrogen) atoms. The van der Waals surface area contributed by atoms with E-state index < -0.39 is 6.10 Å². The number of rotatable bonds is 63. The quantitative estimate of drug-likeness (QED) is 0.0261. The molecule has 6 nitrogen and oxygen atoms in total. The first-order valence-electron chi connectivity index (χ1n) is 34.4. The Kier molecular flexibility index (Phi) is 64.7. The highest BCUT2D eigenvalue weighted by molar-refractivity contribution is 5.71. The van der Waals surface area contributed by atoms with Gasteiger partial charge in [0.2, 0.25) is 0 Å². The highest BCUT2D eigenvalue weighted by atomic mass is 16.6. The van der Waals surface area contributed by atoms with E-state index in [0.29, 0.717) is 19.3 Å². The summed E-state index contributed by atoms with van der Waals surface area (Å²) in [5.41, 5.74) is 0. The van der Waals surface area contributed by atoms with Crippen molar-refractivity contribution in [2.75, 3.05) is 13.2 Å². The predicted molar refractivity (Wildman–Crippen MR) is 344 cm³/mol. The minimum Gasteiger partial charge on any atom is -0.462 e. The van der Waals surface area contributed by atoms with Gasteiger partial charge in [-0.15, -0.1) is 0 Å². The van der Waals surface area contributed by atoms with E-state index in [1.54, 1.807) is 0 Å². The second-order valence-electron chi connectivity index (χ2n) is 23.1. The van der Waals surface area contributed by atoms with Crippen molar-refractivity contribution < 1.29 is 28.6 Å². The van der Waals surface area contributed by atoms with Gasteiger partial charge >= 0.3 is 17.9 Å². The van der Waals surface area contributed by atoms with Gasteiger partial charge in [0.1, 0.15) is 13.2 Å². The zero-order chi connectivity index (χ0) is 57.1. The van der Waals surface area contributed by atoms with E-state index in [0.717, 1.165) is 77.0 Å². The molecule has 0 aromatic heterocycles. The molecule has 0 rings (SSSR count). The predicted octanol–water partition coefficient (Wildman–Crippen LogP) is 23.7. The van der Waals surface area contributed by atoms with Crippen molar-refractivity contribution in [3.63, 3.8) is 0 Å². The summed E-state index contributed by atoms with van der Waals surface area (Å²) in [5, 5.41) is 0. The molecule has 0 bridgehead atoms. The summed E-state index contributed by atoms with van der Waals surface area (Å²) in [6.07, 6.45) is 88.2. The van der Waals surface area contributed by atoms with Crippen LogP contribution in [0, 0.1) is 0 Å². The van der Waals surface area contributed by atoms with Gasteiger partial charge in [-0.2, -0.15) is 0 Å². The topological polar surface area (TPSA) is 78.9 Å². The maximum atomic E-state index is 12.9. The van der Waals surface area contributed by atoms with Crippen molar-refractivity contribution in [1.82, 2.24) is 0 Å². The van der Waals surface area contributed by atoms with Crippen LogP contribution in [0.25, 0.3) is 0 Å². The SMILES string of the molecule is CC/C=C\C/C=C\C/C=C\C/C=C\CCC(=O)OCC(COC(=O)CCCCCCCCCCCCCCCCCCCCCCCCCCCCCCCC)OC(=O)CCCCCCCCC/C=C\C/C=C\CCCCCC. The van der Waals surface area contributed by atoms with Crippen molar-refractivity contribution in [2.24, 2.45) is 0 Å². The van der Waals surface area contributed by atoms with Gasteiger partial charge in [0.25, 0.3) is 0 Å². The third-order valence-corrected chi connectivity index (χ3v) is 15.2. The largest absolute Gasteiger partial charge is 0.462 e. The van der Waals surface area contributed by atoms with E-state index in [9.17, 15) is 14.4 Å². The molecular formula is C73H130O6. The number of ether oxygens (including phenoxy) is 3. The van der Waals surface area contributed by atoms with Crippen molar-refractivity contribution >= 4 is 17.9 Å². The average Bonchev–Trinajstić information content (AvgIpc) is 3.45. The Morgan fingerprint density at radius 3 is 0.861 bits per heavy atom. The molecule has 0 aliphatic carbocycles. The van der Waals surface area contributed by atoms with Crippen LogP contribution in [0.15, 0.2) is 72.9 Å². The summed E-state index contributed by atoms with van der Waals surface area (Å²) in [7, 11) is 0. The second kappa shape index (κ2) is 67.4. The van der Waals surface area contributed by atoms with Crippen molar-refractivity contribution in [3.05, 3.63) is 72.9 Å². The van der Waals surface area contributed by atoms with E-state index in [4.69, 9.17) is 14.2 Å². The minimum absolute atomic E-state index is 0.0979. The van der Waals surface area contributed by atoms with Gasteiger partial charge in [-0.05, 0) is 77.0 Å². The molecule has 0 amide bonds. The molecule has 1 atom stereocenters. The summed E-state index contributed by atoms with van der Waals surface area (Å²) in [5.74, 6) is -0.975. The molecular weight excluding hydrogens is 973 g/mol. The van der Waals surface area contributed by atoms with Crippen LogP contribution in [0.3, 0.4) is 0 Å². The summed E-state index contributed by atoms with van der Waals surface area (Å²) >= 11 is 0. The Balaban J connectivity index is 4.21. The van der Waals surface area contributed by atoms with Crippen molar-refractivity contribution in [3.8, 4) is 0 Å². The highest BCUT2D eigenvalue weighted by Crippen LogP contribution is 2.18. The van der Waals surface area contributed by atoms with Crippen LogP contribution in [0.4, 0.5) is 0 Å². The molecule has 0 radical (unpaired) electrons. The second-order valence-corrected chi connectivity index (χ2v) is 23.1. The molecule has 0 saturated carbocycles. The molecule has 0 aliphatic rings. The van der Waals surface area contributed by atoms with Gasteiger partial charge in [-0.3, -0.25) is 14.4 Å². The number of carbonyl (C=O) groups is 3. The lowest BCUT2D eigenvalue weighted by molar-refractivity contribution is -0.166. The van der Waals surface area contributed by atoms with Crippen LogP contribution in [-0.4, -0.2) is 37.2 Å². The summed E-state index contributed by atoms with van der Waals surface area (Å²) in [6.45, 7) is 6.49. The Morgan fingerprint density at radius 2 is 0.519 bits per heavy atom. The molecule has 0 N–H and O–H groups in total. The number of allylic oxidation sites excluding steroid dienone is 12. The molecule has 0 fully saturated rings. The lowest BCUT2D eigenvalue weighted by Gasteiger charge is -2.18. The first-order valence-corrected chi connectivity index (χ1v) is 34.4. The normalized spacial score (nSPS) is 12.5. The Bertz CT molecular complexity index is 1450. The summed E-state index contributed by atoms with van der Waals surface area (Å²) in [6, 6.07) is 0.